The van der Waals surface area contributed by atoms with Crippen LogP contribution in [0.5, 0.6) is 0 Å². The van der Waals surface area contributed by atoms with Crippen LogP contribution >= 0.6 is 23.2 Å². The van der Waals surface area contributed by atoms with Gasteiger partial charge in [0.2, 0.25) is 0 Å². The Hall–Kier alpha value is -1.09. The number of pyridine rings is 1. The lowest BCUT2D eigenvalue weighted by Gasteiger charge is -2.26. The maximum absolute atomic E-state index is 6.36. The Labute approximate surface area is 130 Å². The van der Waals surface area contributed by atoms with Gasteiger partial charge in [-0.1, -0.05) is 55.2 Å². The third-order valence-corrected chi connectivity index (χ3v) is 4.23. The first-order valence-corrected chi connectivity index (χ1v) is 7.49. The van der Waals surface area contributed by atoms with E-state index in [9.17, 15) is 0 Å². The first-order chi connectivity index (χ1) is 9.65. The molecule has 2 unspecified atom stereocenters. The first-order valence-electron chi connectivity index (χ1n) is 6.73. The minimum absolute atomic E-state index is 0.0844. The molecule has 1 N–H and O–H groups in total. The van der Waals surface area contributed by atoms with Gasteiger partial charge in [0, 0.05) is 23.9 Å². The Bertz CT molecular complexity index is 558. The van der Waals surface area contributed by atoms with E-state index in [0.717, 1.165) is 17.8 Å². The second kappa shape index (κ2) is 7.07. The van der Waals surface area contributed by atoms with Crippen LogP contribution in [0.25, 0.3) is 0 Å². The zero-order chi connectivity index (χ0) is 14.5. The van der Waals surface area contributed by atoms with E-state index in [1.165, 1.54) is 0 Å². The average molecular weight is 309 g/mol. The summed E-state index contributed by atoms with van der Waals surface area (Å²) in [4.78, 5) is 4.44. The molecule has 4 heteroatoms. The van der Waals surface area contributed by atoms with Crippen LogP contribution in [0.1, 0.15) is 37.1 Å². The summed E-state index contributed by atoms with van der Waals surface area (Å²) in [6.07, 6.45) is 1.81. The summed E-state index contributed by atoms with van der Waals surface area (Å²) >= 11 is 12.5. The zero-order valence-corrected chi connectivity index (χ0v) is 13.1. The van der Waals surface area contributed by atoms with Crippen LogP contribution < -0.4 is 5.32 Å². The molecule has 2 nitrogen and oxygen atoms in total. The number of nitrogens with one attached hydrogen (secondary N) is 1. The zero-order valence-electron chi connectivity index (χ0n) is 11.6. The number of rotatable bonds is 5. The smallest absolute Gasteiger partial charge is 0.0640 e. The normalized spacial score (nSPS) is 14.0. The van der Waals surface area contributed by atoms with Crippen molar-refractivity contribution in [2.24, 2.45) is 0 Å². The van der Waals surface area contributed by atoms with E-state index >= 15 is 0 Å². The van der Waals surface area contributed by atoms with E-state index in [2.05, 4.69) is 24.1 Å². The van der Waals surface area contributed by atoms with Gasteiger partial charge in [0.1, 0.15) is 0 Å². The van der Waals surface area contributed by atoms with Crippen molar-refractivity contribution in [3.63, 3.8) is 0 Å². The summed E-state index contributed by atoms with van der Waals surface area (Å²) in [6.45, 7) is 5.08. The van der Waals surface area contributed by atoms with E-state index in [1.54, 1.807) is 0 Å². The molecule has 1 heterocycles. The Morgan fingerprint density at radius 1 is 1.15 bits per heavy atom. The van der Waals surface area contributed by atoms with Crippen molar-refractivity contribution < 1.29 is 0 Å². The molecule has 0 spiro atoms. The summed E-state index contributed by atoms with van der Waals surface area (Å²) in [7, 11) is 0. The highest BCUT2D eigenvalue weighted by molar-refractivity contribution is 6.42. The minimum atomic E-state index is 0.0844. The Morgan fingerprint density at radius 3 is 2.60 bits per heavy atom. The molecule has 2 aromatic rings. The summed E-state index contributed by atoms with van der Waals surface area (Å²) in [6, 6.07) is 11.8. The molecule has 2 atom stereocenters. The lowest BCUT2D eigenvalue weighted by atomic mass is 9.91. The third kappa shape index (κ3) is 3.32. The molecule has 106 valence electrons. The van der Waals surface area contributed by atoms with Crippen molar-refractivity contribution >= 4 is 23.2 Å². The van der Waals surface area contributed by atoms with Crippen LogP contribution in [0.3, 0.4) is 0 Å². The van der Waals surface area contributed by atoms with Crippen molar-refractivity contribution in [2.75, 3.05) is 6.54 Å². The van der Waals surface area contributed by atoms with Crippen molar-refractivity contribution in [1.82, 2.24) is 10.3 Å². The van der Waals surface area contributed by atoms with Crippen LogP contribution in [0.4, 0.5) is 0 Å². The lowest BCUT2D eigenvalue weighted by Crippen LogP contribution is -2.26. The summed E-state index contributed by atoms with van der Waals surface area (Å²) in [5.74, 6) is 0.201. The maximum atomic E-state index is 6.36. The molecule has 0 saturated heterocycles. The fraction of sp³-hybridized carbons (Fsp3) is 0.312. The molecule has 20 heavy (non-hydrogen) atoms. The average Bonchev–Trinajstić information content (AvgIpc) is 2.48. The Kier molecular flexibility index (Phi) is 5.41. The van der Waals surface area contributed by atoms with Gasteiger partial charge >= 0.3 is 0 Å². The highest BCUT2D eigenvalue weighted by Gasteiger charge is 2.23. The minimum Gasteiger partial charge on any atom is -0.310 e. The monoisotopic (exact) mass is 308 g/mol. The van der Waals surface area contributed by atoms with Gasteiger partial charge in [-0.05, 0) is 30.3 Å². The number of nitrogens with zero attached hydrogens (tertiary/aromatic N) is 1. The van der Waals surface area contributed by atoms with Gasteiger partial charge in [-0.15, -0.1) is 0 Å². The quantitative estimate of drug-likeness (QED) is 0.854. The van der Waals surface area contributed by atoms with Gasteiger partial charge in [0.05, 0.1) is 10.0 Å². The fourth-order valence-electron chi connectivity index (χ4n) is 2.35. The second-order valence-corrected chi connectivity index (χ2v) is 5.51. The molecule has 0 radical (unpaired) electrons. The molecule has 0 bridgehead atoms. The van der Waals surface area contributed by atoms with E-state index < -0.39 is 0 Å². The fourth-order valence-corrected chi connectivity index (χ4v) is 2.78. The third-order valence-electron chi connectivity index (χ3n) is 3.39. The molecule has 1 aromatic carbocycles. The van der Waals surface area contributed by atoms with Gasteiger partial charge < -0.3 is 5.32 Å². The van der Waals surface area contributed by atoms with E-state index in [1.807, 2.05) is 42.6 Å². The highest BCUT2D eigenvalue weighted by atomic mass is 35.5. The van der Waals surface area contributed by atoms with Crippen molar-refractivity contribution in [3.05, 3.63) is 63.9 Å². The number of hydrogen-bond acceptors (Lipinski definition) is 2. The molecular formula is C16H18Cl2N2. The van der Waals surface area contributed by atoms with Gasteiger partial charge in [0.25, 0.3) is 0 Å². The van der Waals surface area contributed by atoms with E-state index in [4.69, 9.17) is 23.2 Å². The van der Waals surface area contributed by atoms with Crippen LogP contribution in [-0.2, 0) is 0 Å². The number of halogens is 2. The number of aromatic nitrogens is 1. The number of likely N-dealkylation sites (N-methyl/N-ethyl adjacent to an activating group) is 1. The van der Waals surface area contributed by atoms with Crippen LogP contribution in [0.15, 0.2) is 42.6 Å². The topological polar surface area (TPSA) is 24.9 Å². The number of benzene rings is 1. The summed E-state index contributed by atoms with van der Waals surface area (Å²) in [5.41, 5.74) is 2.05. The summed E-state index contributed by atoms with van der Waals surface area (Å²) in [5, 5.41) is 4.68. The van der Waals surface area contributed by atoms with E-state index in [-0.39, 0.29) is 12.0 Å². The molecule has 0 saturated carbocycles. The second-order valence-electron chi connectivity index (χ2n) is 4.72. The van der Waals surface area contributed by atoms with Gasteiger partial charge in [-0.3, -0.25) is 4.98 Å². The van der Waals surface area contributed by atoms with Crippen molar-refractivity contribution in [3.8, 4) is 0 Å². The van der Waals surface area contributed by atoms with Gasteiger partial charge in [-0.25, -0.2) is 0 Å². The Morgan fingerprint density at radius 2 is 1.95 bits per heavy atom. The molecular weight excluding hydrogens is 291 g/mol. The summed E-state index contributed by atoms with van der Waals surface area (Å²) < 4.78 is 0. The first kappa shape index (κ1) is 15.3. The molecule has 0 fully saturated rings. The molecule has 0 aliphatic heterocycles. The van der Waals surface area contributed by atoms with Crippen LogP contribution in [0.2, 0.25) is 10.0 Å². The maximum Gasteiger partial charge on any atom is 0.0640 e. The van der Waals surface area contributed by atoms with Crippen molar-refractivity contribution in [2.45, 2.75) is 25.8 Å². The molecule has 0 amide bonds. The molecule has 2 rings (SSSR count). The van der Waals surface area contributed by atoms with E-state index in [0.29, 0.717) is 10.0 Å². The predicted octanol–water partition coefficient (Wildman–Crippen LogP) is 4.84. The molecule has 0 aliphatic rings. The highest BCUT2D eigenvalue weighted by Crippen LogP contribution is 2.36. The van der Waals surface area contributed by atoms with Gasteiger partial charge in [-0.2, -0.15) is 0 Å². The molecule has 0 aliphatic carbocycles. The SMILES string of the molecule is CCNC(c1cccc(Cl)c1Cl)C(C)c1ccccn1. The van der Waals surface area contributed by atoms with Gasteiger partial charge in [0.15, 0.2) is 0 Å². The Balaban J connectivity index is 2.38. The largest absolute Gasteiger partial charge is 0.310 e. The van der Waals surface area contributed by atoms with Crippen LogP contribution in [0, 0.1) is 0 Å². The number of hydrogen-bond donors (Lipinski definition) is 1. The standard InChI is InChI=1S/C16H18Cl2N2/c1-3-19-16(11(2)14-9-4-5-10-20-14)12-7-6-8-13(17)15(12)18/h4-11,16,19H,3H2,1-2H3. The molecule has 1 aromatic heterocycles. The lowest BCUT2D eigenvalue weighted by molar-refractivity contribution is 0.472. The van der Waals surface area contributed by atoms with Crippen LogP contribution in [-0.4, -0.2) is 11.5 Å². The van der Waals surface area contributed by atoms with Crippen molar-refractivity contribution in [1.29, 1.82) is 0 Å². The predicted molar refractivity (Wildman–Crippen MR) is 85.5 cm³/mol.